The van der Waals surface area contributed by atoms with Crippen molar-refractivity contribution < 1.29 is 0 Å². The van der Waals surface area contributed by atoms with Gasteiger partial charge in [-0.25, -0.2) is 0 Å². The van der Waals surface area contributed by atoms with Crippen LogP contribution in [0.5, 0.6) is 0 Å². The van der Waals surface area contributed by atoms with Gasteiger partial charge in [-0.1, -0.05) is 56.0 Å². The Balaban J connectivity index is 2.16. The molecule has 0 aliphatic rings. The molecular formula is C19H23N. The average Bonchev–Trinajstić information content (AvgIpc) is 2.47. The zero-order valence-corrected chi connectivity index (χ0v) is 12.6. The molecule has 2 rings (SSSR count). The number of benzene rings is 2. The maximum atomic E-state index is 3.84. The SMILES string of the molecule is C=Cc1cccc(C(C)Cc2cccc(N(C)C)c2)c1. The molecule has 0 spiro atoms. The van der Waals surface area contributed by atoms with Crippen molar-refractivity contribution in [3.8, 4) is 0 Å². The van der Waals surface area contributed by atoms with E-state index in [1.807, 2.05) is 6.08 Å². The van der Waals surface area contributed by atoms with Crippen molar-refractivity contribution >= 4 is 11.8 Å². The normalized spacial score (nSPS) is 11.9. The molecule has 2 aromatic rings. The van der Waals surface area contributed by atoms with Crippen LogP contribution in [0.3, 0.4) is 0 Å². The fourth-order valence-corrected chi connectivity index (χ4v) is 2.43. The summed E-state index contributed by atoms with van der Waals surface area (Å²) >= 11 is 0. The van der Waals surface area contributed by atoms with Crippen LogP contribution < -0.4 is 4.90 Å². The van der Waals surface area contributed by atoms with E-state index in [1.165, 1.54) is 22.4 Å². The lowest BCUT2D eigenvalue weighted by molar-refractivity contribution is 0.759. The second-order valence-corrected chi connectivity index (χ2v) is 5.54. The molecule has 0 aliphatic carbocycles. The van der Waals surface area contributed by atoms with Crippen LogP contribution in [0.25, 0.3) is 6.08 Å². The summed E-state index contributed by atoms with van der Waals surface area (Å²) in [4.78, 5) is 2.15. The molecule has 0 aliphatic heterocycles. The predicted octanol–water partition coefficient (Wildman–Crippen LogP) is 4.74. The summed E-state index contributed by atoms with van der Waals surface area (Å²) in [5.41, 5.74) is 5.20. The first kappa shape index (κ1) is 14.4. The summed E-state index contributed by atoms with van der Waals surface area (Å²) < 4.78 is 0. The Kier molecular flexibility index (Phi) is 4.62. The first-order valence-corrected chi connectivity index (χ1v) is 7.09. The molecule has 0 bridgehead atoms. The second kappa shape index (κ2) is 6.42. The van der Waals surface area contributed by atoms with Crippen LogP contribution in [0.15, 0.2) is 55.1 Å². The van der Waals surface area contributed by atoms with E-state index in [-0.39, 0.29) is 0 Å². The number of hydrogen-bond acceptors (Lipinski definition) is 1. The number of rotatable bonds is 5. The smallest absolute Gasteiger partial charge is 0.0363 e. The van der Waals surface area contributed by atoms with Gasteiger partial charge in [0.25, 0.3) is 0 Å². The second-order valence-electron chi connectivity index (χ2n) is 5.54. The van der Waals surface area contributed by atoms with E-state index >= 15 is 0 Å². The average molecular weight is 265 g/mol. The van der Waals surface area contributed by atoms with Gasteiger partial charge in [-0.2, -0.15) is 0 Å². The molecule has 1 heteroatoms. The molecule has 20 heavy (non-hydrogen) atoms. The Hall–Kier alpha value is -2.02. The fourth-order valence-electron chi connectivity index (χ4n) is 2.43. The molecule has 0 radical (unpaired) electrons. The first-order chi connectivity index (χ1) is 9.60. The Morgan fingerprint density at radius 2 is 1.85 bits per heavy atom. The Bertz CT molecular complexity index is 584. The largest absolute Gasteiger partial charge is 0.378 e. The monoisotopic (exact) mass is 265 g/mol. The van der Waals surface area contributed by atoms with Gasteiger partial charge in [0.2, 0.25) is 0 Å². The van der Waals surface area contributed by atoms with E-state index in [9.17, 15) is 0 Å². The summed E-state index contributed by atoms with van der Waals surface area (Å²) in [6.45, 7) is 6.12. The molecular weight excluding hydrogens is 242 g/mol. The zero-order chi connectivity index (χ0) is 14.5. The van der Waals surface area contributed by atoms with Crippen LogP contribution in [-0.4, -0.2) is 14.1 Å². The standard InChI is InChI=1S/C19H23N/c1-5-16-8-6-10-18(13-16)15(2)12-17-9-7-11-19(14-17)20(3)4/h5-11,13-15H,1,12H2,2-4H3. The van der Waals surface area contributed by atoms with Gasteiger partial charge >= 0.3 is 0 Å². The lowest BCUT2D eigenvalue weighted by Crippen LogP contribution is -2.09. The van der Waals surface area contributed by atoms with Crippen molar-refractivity contribution in [2.45, 2.75) is 19.3 Å². The molecule has 104 valence electrons. The third-order valence-electron chi connectivity index (χ3n) is 3.68. The van der Waals surface area contributed by atoms with Crippen LogP contribution in [0, 0.1) is 0 Å². The summed E-state index contributed by atoms with van der Waals surface area (Å²) in [7, 11) is 4.16. The summed E-state index contributed by atoms with van der Waals surface area (Å²) in [5, 5.41) is 0. The van der Waals surface area contributed by atoms with Crippen LogP contribution >= 0.6 is 0 Å². The van der Waals surface area contributed by atoms with Gasteiger partial charge in [-0.05, 0) is 41.2 Å². The minimum absolute atomic E-state index is 0.507. The predicted molar refractivity (Wildman–Crippen MR) is 89.4 cm³/mol. The third-order valence-corrected chi connectivity index (χ3v) is 3.68. The van der Waals surface area contributed by atoms with Crippen molar-refractivity contribution in [3.05, 3.63) is 71.8 Å². The molecule has 0 saturated heterocycles. The third kappa shape index (κ3) is 3.51. The van der Waals surface area contributed by atoms with Gasteiger partial charge in [0, 0.05) is 19.8 Å². The Labute approximate surface area is 122 Å². The van der Waals surface area contributed by atoms with Gasteiger partial charge in [0.05, 0.1) is 0 Å². The number of anilines is 1. The first-order valence-electron chi connectivity index (χ1n) is 7.09. The highest BCUT2D eigenvalue weighted by Crippen LogP contribution is 2.23. The summed E-state index contributed by atoms with van der Waals surface area (Å²) in [6.07, 6.45) is 2.96. The van der Waals surface area contributed by atoms with Gasteiger partial charge in [0.15, 0.2) is 0 Å². The van der Waals surface area contributed by atoms with Crippen molar-refractivity contribution in [1.82, 2.24) is 0 Å². The molecule has 1 nitrogen and oxygen atoms in total. The molecule has 0 amide bonds. The Morgan fingerprint density at radius 1 is 1.10 bits per heavy atom. The van der Waals surface area contributed by atoms with Crippen molar-refractivity contribution in [1.29, 1.82) is 0 Å². The molecule has 1 atom stereocenters. The molecule has 2 aromatic carbocycles. The molecule has 1 unspecified atom stereocenters. The maximum absolute atomic E-state index is 3.84. The van der Waals surface area contributed by atoms with E-state index in [1.54, 1.807) is 0 Å². The van der Waals surface area contributed by atoms with Crippen molar-refractivity contribution in [2.75, 3.05) is 19.0 Å². The van der Waals surface area contributed by atoms with Crippen LogP contribution in [0.1, 0.15) is 29.5 Å². The van der Waals surface area contributed by atoms with E-state index in [0.717, 1.165) is 6.42 Å². The van der Waals surface area contributed by atoms with Crippen LogP contribution in [0.2, 0.25) is 0 Å². The van der Waals surface area contributed by atoms with Gasteiger partial charge in [0.1, 0.15) is 0 Å². The van der Waals surface area contributed by atoms with E-state index in [2.05, 4.69) is 81.0 Å². The van der Waals surface area contributed by atoms with Crippen LogP contribution in [-0.2, 0) is 6.42 Å². The number of nitrogens with zero attached hydrogens (tertiary/aromatic N) is 1. The quantitative estimate of drug-likeness (QED) is 0.754. The minimum atomic E-state index is 0.507. The lowest BCUT2D eigenvalue weighted by Gasteiger charge is -2.16. The molecule has 0 saturated carbocycles. The minimum Gasteiger partial charge on any atom is -0.378 e. The van der Waals surface area contributed by atoms with E-state index in [4.69, 9.17) is 0 Å². The van der Waals surface area contributed by atoms with E-state index in [0.29, 0.717) is 5.92 Å². The lowest BCUT2D eigenvalue weighted by atomic mass is 9.92. The van der Waals surface area contributed by atoms with E-state index < -0.39 is 0 Å². The van der Waals surface area contributed by atoms with Gasteiger partial charge < -0.3 is 4.90 Å². The van der Waals surface area contributed by atoms with Crippen molar-refractivity contribution in [2.24, 2.45) is 0 Å². The molecule has 0 N–H and O–H groups in total. The summed E-state index contributed by atoms with van der Waals surface area (Å²) in [6, 6.07) is 17.4. The number of hydrogen-bond donors (Lipinski definition) is 0. The summed E-state index contributed by atoms with van der Waals surface area (Å²) in [5.74, 6) is 0.507. The highest BCUT2D eigenvalue weighted by atomic mass is 15.1. The highest BCUT2D eigenvalue weighted by Gasteiger charge is 2.08. The fraction of sp³-hybridized carbons (Fsp3) is 0.263. The van der Waals surface area contributed by atoms with Crippen molar-refractivity contribution in [3.63, 3.8) is 0 Å². The molecule has 0 fully saturated rings. The van der Waals surface area contributed by atoms with Gasteiger partial charge in [-0.3, -0.25) is 0 Å². The zero-order valence-electron chi connectivity index (χ0n) is 12.6. The maximum Gasteiger partial charge on any atom is 0.0363 e. The molecule has 0 aromatic heterocycles. The highest BCUT2D eigenvalue weighted by molar-refractivity contribution is 5.49. The Morgan fingerprint density at radius 3 is 2.55 bits per heavy atom. The topological polar surface area (TPSA) is 3.24 Å². The molecule has 0 heterocycles. The van der Waals surface area contributed by atoms with Crippen LogP contribution in [0.4, 0.5) is 5.69 Å². The van der Waals surface area contributed by atoms with Gasteiger partial charge in [-0.15, -0.1) is 0 Å².